The van der Waals surface area contributed by atoms with E-state index in [1.165, 1.54) is 64.2 Å². The highest BCUT2D eigenvalue weighted by molar-refractivity contribution is 5.47. The minimum absolute atomic E-state index is 0.00478. The van der Waals surface area contributed by atoms with Crippen molar-refractivity contribution >= 4 is 17.8 Å². The summed E-state index contributed by atoms with van der Waals surface area (Å²) in [5, 5.41) is 13.2. The van der Waals surface area contributed by atoms with E-state index >= 15 is 0 Å². The third-order valence-corrected chi connectivity index (χ3v) is 13.6. The van der Waals surface area contributed by atoms with Crippen LogP contribution >= 0.6 is 0 Å². The average molecular weight is 755 g/mol. The molecule has 4 saturated carbocycles. The first-order chi connectivity index (χ1) is 25.6. The van der Waals surface area contributed by atoms with Crippen LogP contribution in [0.5, 0.6) is 0 Å². The highest BCUT2D eigenvalue weighted by Gasteiger charge is 2.52. The predicted molar refractivity (Wildman–Crippen MR) is 225 cm³/mol. The standard InChI is InChI=1S/C45H82N6O3/c1-11-13-26-50(33-29-42(3,4)37(43(5,6)30-33)53-35-21-17-15-18-22-35)40-47-39(46-25-28-52)48-41(49-40)51(27-14-12-2)34-31-44(7,8)38(45(9,10)32-34)54-36-23-19-16-20-24-36/h33-38,52H,11-32H2,1-10H3,(H,46,47,48,49). The van der Waals surface area contributed by atoms with E-state index < -0.39 is 0 Å². The molecule has 0 atom stereocenters. The van der Waals surface area contributed by atoms with Crippen LogP contribution in [0.2, 0.25) is 0 Å². The molecule has 0 spiro atoms. The van der Waals surface area contributed by atoms with Crippen molar-refractivity contribution in [2.75, 3.05) is 41.4 Å². The topological polar surface area (TPSA) is 95.9 Å². The van der Waals surface area contributed by atoms with E-state index in [1.54, 1.807) is 0 Å². The quantitative estimate of drug-likeness (QED) is 0.161. The molecule has 54 heavy (non-hydrogen) atoms. The van der Waals surface area contributed by atoms with Crippen LogP contribution in [0.1, 0.15) is 185 Å². The zero-order valence-electron chi connectivity index (χ0n) is 36.5. The van der Waals surface area contributed by atoms with Crippen molar-refractivity contribution in [3.63, 3.8) is 0 Å². The van der Waals surface area contributed by atoms with Gasteiger partial charge in [-0.3, -0.25) is 0 Å². The Morgan fingerprint density at radius 3 is 1.30 bits per heavy atom. The van der Waals surface area contributed by atoms with Crippen LogP contribution in [0.25, 0.3) is 0 Å². The highest BCUT2D eigenvalue weighted by atomic mass is 16.5. The van der Waals surface area contributed by atoms with Crippen LogP contribution in [0.4, 0.5) is 17.8 Å². The number of aliphatic hydroxyl groups excluding tert-OH is 1. The van der Waals surface area contributed by atoms with E-state index in [1.807, 2.05) is 0 Å². The summed E-state index contributed by atoms with van der Waals surface area (Å²) >= 11 is 0. The molecule has 1 aromatic heterocycles. The van der Waals surface area contributed by atoms with E-state index in [-0.39, 0.29) is 52.6 Å². The molecule has 9 nitrogen and oxygen atoms in total. The van der Waals surface area contributed by atoms with Gasteiger partial charge in [0.25, 0.3) is 0 Å². The number of nitrogens with one attached hydrogen (secondary N) is 1. The first-order valence-electron chi connectivity index (χ1n) is 22.5. The van der Waals surface area contributed by atoms with Crippen LogP contribution in [0, 0.1) is 21.7 Å². The summed E-state index contributed by atoms with van der Waals surface area (Å²) in [7, 11) is 0. The second kappa shape index (κ2) is 18.7. The fraction of sp³-hybridized carbons (Fsp3) is 0.933. The van der Waals surface area contributed by atoms with Gasteiger partial charge >= 0.3 is 0 Å². The van der Waals surface area contributed by atoms with Gasteiger partial charge in [0.05, 0.1) is 31.0 Å². The lowest BCUT2D eigenvalue weighted by atomic mass is 9.60. The summed E-state index contributed by atoms with van der Waals surface area (Å²) in [6, 6.07) is 0.561. The van der Waals surface area contributed by atoms with Gasteiger partial charge in [-0.2, -0.15) is 15.0 Å². The maximum Gasteiger partial charge on any atom is 0.232 e. The number of hydrogen-bond acceptors (Lipinski definition) is 9. The van der Waals surface area contributed by atoms with Gasteiger partial charge in [0.15, 0.2) is 0 Å². The molecule has 0 aromatic carbocycles. The first kappa shape index (κ1) is 43.4. The summed E-state index contributed by atoms with van der Waals surface area (Å²) in [4.78, 5) is 20.8. The number of unbranched alkanes of at least 4 members (excludes halogenated alkanes) is 2. The van der Waals surface area contributed by atoms with Gasteiger partial charge in [-0.05, 0) is 85.9 Å². The van der Waals surface area contributed by atoms with E-state index in [2.05, 4.69) is 84.4 Å². The summed E-state index contributed by atoms with van der Waals surface area (Å²) in [6.07, 6.45) is 22.3. The van der Waals surface area contributed by atoms with Gasteiger partial charge in [-0.1, -0.05) is 121 Å². The van der Waals surface area contributed by atoms with Crippen molar-refractivity contribution < 1.29 is 14.6 Å². The molecule has 0 radical (unpaired) electrons. The molecule has 9 heteroatoms. The Morgan fingerprint density at radius 1 is 0.593 bits per heavy atom. The fourth-order valence-corrected chi connectivity index (χ4v) is 11.5. The number of aromatic nitrogens is 3. The maximum absolute atomic E-state index is 9.86. The number of nitrogens with zero attached hydrogens (tertiary/aromatic N) is 5. The molecule has 0 aliphatic heterocycles. The van der Waals surface area contributed by atoms with E-state index in [0.717, 1.165) is 76.4 Å². The van der Waals surface area contributed by atoms with Crippen molar-refractivity contribution in [3.8, 4) is 0 Å². The lowest BCUT2D eigenvalue weighted by Gasteiger charge is -2.55. The van der Waals surface area contributed by atoms with Crippen LogP contribution in [0.15, 0.2) is 0 Å². The van der Waals surface area contributed by atoms with Crippen molar-refractivity contribution in [1.82, 2.24) is 15.0 Å². The Balaban J connectivity index is 1.48. The Kier molecular flexibility index (Phi) is 15.0. The number of rotatable bonds is 17. The molecule has 2 N–H and O–H groups in total. The normalized spacial score (nSPS) is 28.4. The molecule has 4 aliphatic rings. The molecule has 310 valence electrons. The third kappa shape index (κ3) is 10.8. The Morgan fingerprint density at radius 2 is 0.963 bits per heavy atom. The largest absolute Gasteiger partial charge is 0.395 e. The molecule has 1 aromatic rings. The first-order valence-corrected chi connectivity index (χ1v) is 22.5. The van der Waals surface area contributed by atoms with Crippen LogP contribution in [0.3, 0.4) is 0 Å². The van der Waals surface area contributed by atoms with E-state index in [4.69, 9.17) is 24.4 Å². The number of anilines is 3. The van der Waals surface area contributed by atoms with Gasteiger partial charge in [0, 0.05) is 31.7 Å². The summed E-state index contributed by atoms with van der Waals surface area (Å²) < 4.78 is 14.1. The monoisotopic (exact) mass is 755 g/mol. The maximum atomic E-state index is 9.86. The number of hydrogen-bond donors (Lipinski definition) is 2. The van der Waals surface area contributed by atoms with E-state index in [0.29, 0.717) is 24.7 Å². The van der Waals surface area contributed by atoms with E-state index in [9.17, 15) is 5.11 Å². The van der Waals surface area contributed by atoms with Crippen LogP contribution < -0.4 is 15.1 Å². The summed E-state index contributed by atoms with van der Waals surface area (Å²) in [6.45, 7) is 26.3. The molecular formula is C45H82N6O3. The Bertz CT molecular complexity index is 1160. The van der Waals surface area contributed by atoms with Crippen molar-refractivity contribution in [1.29, 1.82) is 0 Å². The van der Waals surface area contributed by atoms with Gasteiger partial charge in [0.1, 0.15) is 0 Å². The SMILES string of the molecule is CCCCN(c1nc(NCCO)nc(N(CCCC)C2CC(C)(C)C(OC3CCCCC3)C(C)(C)C2)n1)C1CC(C)(C)C(OC2CCCCC2)C(C)(C)C1. The van der Waals surface area contributed by atoms with Crippen LogP contribution in [-0.2, 0) is 9.47 Å². The molecule has 0 bridgehead atoms. The van der Waals surface area contributed by atoms with Crippen molar-refractivity contribution in [3.05, 3.63) is 0 Å². The minimum Gasteiger partial charge on any atom is -0.395 e. The molecule has 0 amide bonds. The lowest BCUT2D eigenvalue weighted by Crippen LogP contribution is -2.57. The van der Waals surface area contributed by atoms with Crippen molar-refractivity contribution in [2.24, 2.45) is 21.7 Å². The zero-order valence-corrected chi connectivity index (χ0v) is 36.5. The van der Waals surface area contributed by atoms with Gasteiger partial charge in [-0.25, -0.2) is 0 Å². The second-order valence-corrected chi connectivity index (χ2v) is 20.6. The molecule has 4 aliphatic carbocycles. The number of ether oxygens (including phenoxy) is 2. The van der Waals surface area contributed by atoms with Gasteiger partial charge < -0.3 is 29.7 Å². The smallest absolute Gasteiger partial charge is 0.232 e. The molecule has 0 unspecified atom stereocenters. The minimum atomic E-state index is 0.00478. The second-order valence-electron chi connectivity index (χ2n) is 20.6. The van der Waals surface area contributed by atoms with Gasteiger partial charge in [0.2, 0.25) is 17.8 Å². The molecule has 1 heterocycles. The Hall–Kier alpha value is -1.71. The highest BCUT2D eigenvalue weighted by Crippen LogP contribution is 2.52. The molecular weight excluding hydrogens is 673 g/mol. The zero-order chi connectivity index (χ0) is 39.1. The third-order valence-electron chi connectivity index (χ3n) is 13.6. The average Bonchev–Trinajstić information content (AvgIpc) is 3.11. The molecule has 0 saturated heterocycles. The molecule has 5 rings (SSSR count). The van der Waals surface area contributed by atoms with Gasteiger partial charge in [-0.15, -0.1) is 0 Å². The fourth-order valence-electron chi connectivity index (χ4n) is 11.5. The van der Waals surface area contributed by atoms with Crippen molar-refractivity contribution in [2.45, 2.75) is 221 Å². The summed E-state index contributed by atoms with van der Waals surface area (Å²) in [5.74, 6) is 2.10. The predicted octanol–water partition coefficient (Wildman–Crippen LogP) is 10.4. The Labute approximate surface area is 330 Å². The summed E-state index contributed by atoms with van der Waals surface area (Å²) in [5.41, 5.74) is 0.0191. The van der Waals surface area contributed by atoms with Crippen LogP contribution in [-0.4, -0.2) is 82.8 Å². The molecule has 4 fully saturated rings. The number of aliphatic hydroxyl groups is 1. The lowest BCUT2D eigenvalue weighted by molar-refractivity contribution is -0.160.